The quantitative estimate of drug-likeness (QED) is 0.848. The van der Waals surface area contributed by atoms with Crippen molar-refractivity contribution in [2.75, 3.05) is 11.1 Å². The van der Waals surface area contributed by atoms with Crippen molar-refractivity contribution in [1.29, 1.82) is 0 Å². The summed E-state index contributed by atoms with van der Waals surface area (Å²) in [4.78, 5) is 12.2. The third kappa shape index (κ3) is 3.07. The molecule has 3 nitrogen and oxygen atoms in total. The Morgan fingerprint density at radius 3 is 2.81 bits per heavy atom. The average Bonchev–Trinajstić information content (AvgIpc) is 2.90. The zero-order chi connectivity index (χ0) is 14.8. The van der Waals surface area contributed by atoms with Crippen LogP contribution in [0.5, 0.6) is 0 Å². The summed E-state index contributed by atoms with van der Waals surface area (Å²) in [5.41, 5.74) is 12.2. The van der Waals surface area contributed by atoms with E-state index in [2.05, 4.69) is 23.5 Å². The van der Waals surface area contributed by atoms with Gasteiger partial charge in [-0.2, -0.15) is 0 Å². The number of carbonyl (C=O) groups is 1. The lowest BCUT2D eigenvalue weighted by atomic mass is 10.0. The predicted octanol–water partition coefficient (Wildman–Crippen LogP) is 3.25. The molecule has 3 rings (SSSR count). The van der Waals surface area contributed by atoms with Crippen LogP contribution in [-0.2, 0) is 24.1 Å². The maximum atomic E-state index is 12.2. The van der Waals surface area contributed by atoms with E-state index in [9.17, 15) is 4.79 Å². The molecule has 1 aliphatic rings. The minimum Gasteiger partial charge on any atom is -0.399 e. The highest BCUT2D eigenvalue weighted by Crippen LogP contribution is 2.23. The van der Waals surface area contributed by atoms with E-state index in [0.717, 1.165) is 23.2 Å². The van der Waals surface area contributed by atoms with Crippen LogP contribution in [0.2, 0.25) is 0 Å². The number of aryl methyl sites for hydroxylation is 3. The van der Waals surface area contributed by atoms with E-state index >= 15 is 0 Å². The molecule has 0 bridgehead atoms. The number of hydrogen-bond acceptors (Lipinski definition) is 2. The van der Waals surface area contributed by atoms with Crippen molar-refractivity contribution in [3.63, 3.8) is 0 Å². The van der Waals surface area contributed by atoms with Gasteiger partial charge in [0, 0.05) is 11.4 Å². The van der Waals surface area contributed by atoms with Gasteiger partial charge in [-0.15, -0.1) is 0 Å². The molecule has 0 radical (unpaired) electrons. The van der Waals surface area contributed by atoms with Crippen molar-refractivity contribution >= 4 is 17.3 Å². The van der Waals surface area contributed by atoms with Gasteiger partial charge < -0.3 is 11.1 Å². The molecule has 0 unspecified atom stereocenters. The molecule has 0 heterocycles. The lowest BCUT2D eigenvalue weighted by molar-refractivity contribution is -0.115. The second-order valence-corrected chi connectivity index (χ2v) is 5.76. The lowest BCUT2D eigenvalue weighted by Crippen LogP contribution is -2.15. The Morgan fingerprint density at radius 1 is 1.14 bits per heavy atom. The summed E-state index contributed by atoms with van der Waals surface area (Å²) in [5, 5.41) is 2.95. The fraction of sp³-hybridized carbons (Fsp3) is 0.278. The molecule has 108 valence electrons. The molecule has 21 heavy (non-hydrogen) atoms. The van der Waals surface area contributed by atoms with Crippen LogP contribution in [0.1, 0.15) is 28.7 Å². The van der Waals surface area contributed by atoms with Gasteiger partial charge in [0.05, 0.1) is 6.42 Å². The molecule has 0 saturated carbocycles. The summed E-state index contributed by atoms with van der Waals surface area (Å²) in [6.45, 7) is 1.96. The number of benzene rings is 2. The summed E-state index contributed by atoms with van der Waals surface area (Å²) < 4.78 is 0. The minimum absolute atomic E-state index is 0.00152. The van der Waals surface area contributed by atoms with Gasteiger partial charge in [-0.1, -0.05) is 24.3 Å². The molecule has 3 N–H and O–H groups in total. The zero-order valence-corrected chi connectivity index (χ0v) is 12.3. The molecule has 1 amide bonds. The monoisotopic (exact) mass is 280 g/mol. The van der Waals surface area contributed by atoms with E-state index in [1.807, 2.05) is 19.1 Å². The first kappa shape index (κ1) is 13.7. The number of anilines is 2. The molecule has 0 spiro atoms. The smallest absolute Gasteiger partial charge is 0.228 e. The van der Waals surface area contributed by atoms with Gasteiger partial charge in [-0.25, -0.2) is 0 Å². The lowest BCUT2D eigenvalue weighted by Gasteiger charge is -2.10. The number of hydrogen-bond donors (Lipinski definition) is 2. The molecule has 2 aromatic carbocycles. The van der Waals surface area contributed by atoms with Crippen molar-refractivity contribution < 1.29 is 4.79 Å². The Hall–Kier alpha value is -2.29. The summed E-state index contributed by atoms with van der Waals surface area (Å²) >= 11 is 0. The SMILES string of the molecule is Cc1ccc(N)cc1NC(=O)Cc1ccc2c(c1)CCC2. The number of nitrogens with one attached hydrogen (secondary N) is 1. The van der Waals surface area contributed by atoms with E-state index in [-0.39, 0.29) is 5.91 Å². The van der Waals surface area contributed by atoms with Gasteiger partial charge in [0.15, 0.2) is 0 Å². The molecule has 0 aromatic heterocycles. The number of carbonyl (C=O) groups excluding carboxylic acids is 1. The molecular formula is C18H20N2O. The molecule has 0 fully saturated rings. The van der Waals surface area contributed by atoms with E-state index in [1.54, 1.807) is 6.07 Å². The number of nitrogen functional groups attached to an aromatic ring is 1. The van der Waals surface area contributed by atoms with Crippen LogP contribution in [0.3, 0.4) is 0 Å². The fourth-order valence-corrected chi connectivity index (χ4v) is 2.89. The molecule has 3 heteroatoms. The maximum Gasteiger partial charge on any atom is 0.228 e. The summed E-state index contributed by atoms with van der Waals surface area (Å²) in [7, 11) is 0. The second kappa shape index (κ2) is 5.60. The fourth-order valence-electron chi connectivity index (χ4n) is 2.89. The Bertz CT molecular complexity index is 692. The van der Waals surface area contributed by atoms with Crippen molar-refractivity contribution in [2.45, 2.75) is 32.6 Å². The molecule has 0 aliphatic heterocycles. The van der Waals surface area contributed by atoms with E-state index in [4.69, 9.17) is 5.73 Å². The van der Waals surface area contributed by atoms with Crippen LogP contribution in [-0.4, -0.2) is 5.91 Å². The van der Waals surface area contributed by atoms with E-state index in [0.29, 0.717) is 12.1 Å². The van der Waals surface area contributed by atoms with Gasteiger partial charge in [-0.05, 0) is 60.6 Å². The van der Waals surface area contributed by atoms with E-state index in [1.165, 1.54) is 24.0 Å². The van der Waals surface area contributed by atoms with Crippen LogP contribution >= 0.6 is 0 Å². The maximum absolute atomic E-state index is 12.2. The van der Waals surface area contributed by atoms with Crippen LogP contribution in [0.4, 0.5) is 11.4 Å². The third-order valence-corrected chi connectivity index (χ3v) is 4.06. The number of rotatable bonds is 3. The second-order valence-electron chi connectivity index (χ2n) is 5.76. The average molecular weight is 280 g/mol. The Labute approximate surface area is 125 Å². The Morgan fingerprint density at radius 2 is 1.95 bits per heavy atom. The Kier molecular flexibility index (Phi) is 3.65. The van der Waals surface area contributed by atoms with Gasteiger partial charge in [0.25, 0.3) is 0 Å². The first-order chi connectivity index (χ1) is 10.1. The largest absolute Gasteiger partial charge is 0.399 e. The first-order valence-electron chi connectivity index (χ1n) is 7.38. The van der Waals surface area contributed by atoms with Crippen molar-refractivity contribution in [1.82, 2.24) is 0 Å². The summed E-state index contributed by atoms with van der Waals surface area (Å²) in [5.74, 6) is 0.00152. The van der Waals surface area contributed by atoms with Crippen LogP contribution in [0.25, 0.3) is 0 Å². The van der Waals surface area contributed by atoms with Crippen molar-refractivity contribution in [2.24, 2.45) is 0 Å². The third-order valence-electron chi connectivity index (χ3n) is 4.06. The summed E-state index contributed by atoms with van der Waals surface area (Å²) in [6, 6.07) is 12.0. The number of fused-ring (bicyclic) bond motifs is 1. The highest BCUT2D eigenvalue weighted by Gasteiger charge is 2.12. The van der Waals surface area contributed by atoms with Crippen molar-refractivity contribution in [3.05, 3.63) is 58.7 Å². The standard InChI is InChI=1S/C18H20N2O/c1-12-5-8-16(19)11-17(12)20-18(21)10-13-6-7-14-3-2-4-15(14)9-13/h5-9,11H,2-4,10,19H2,1H3,(H,20,21). The first-order valence-corrected chi connectivity index (χ1v) is 7.38. The molecule has 0 saturated heterocycles. The topological polar surface area (TPSA) is 55.1 Å². The van der Waals surface area contributed by atoms with Crippen molar-refractivity contribution in [3.8, 4) is 0 Å². The minimum atomic E-state index is 0.00152. The number of nitrogens with two attached hydrogens (primary N) is 1. The summed E-state index contributed by atoms with van der Waals surface area (Å²) in [6.07, 6.45) is 3.94. The molecule has 0 atom stereocenters. The normalized spacial score (nSPS) is 13.0. The van der Waals surface area contributed by atoms with Crippen LogP contribution < -0.4 is 11.1 Å². The van der Waals surface area contributed by atoms with Crippen LogP contribution in [0, 0.1) is 6.92 Å². The van der Waals surface area contributed by atoms with Crippen LogP contribution in [0.15, 0.2) is 36.4 Å². The molecule has 1 aliphatic carbocycles. The highest BCUT2D eigenvalue weighted by atomic mass is 16.1. The number of amides is 1. The Balaban J connectivity index is 1.70. The van der Waals surface area contributed by atoms with Gasteiger partial charge >= 0.3 is 0 Å². The van der Waals surface area contributed by atoms with Gasteiger partial charge in [-0.3, -0.25) is 4.79 Å². The van der Waals surface area contributed by atoms with E-state index < -0.39 is 0 Å². The molecule has 2 aromatic rings. The molecular weight excluding hydrogens is 260 g/mol. The predicted molar refractivity (Wildman–Crippen MR) is 86.4 cm³/mol. The highest BCUT2D eigenvalue weighted by molar-refractivity contribution is 5.93. The van der Waals surface area contributed by atoms with Gasteiger partial charge in [0.2, 0.25) is 5.91 Å². The van der Waals surface area contributed by atoms with Gasteiger partial charge in [0.1, 0.15) is 0 Å². The zero-order valence-electron chi connectivity index (χ0n) is 12.3.